The molecular weight excluding hydrogens is 787 g/mol. The van der Waals surface area contributed by atoms with Gasteiger partial charge in [0, 0.05) is 0 Å². The summed E-state index contributed by atoms with van der Waals surface area (Å²) in [6.45, 7) is 6.81. The van der Waals surface area contributed by atoms with E-state index in [0.717, 1.165) is 13.1 Å². The number of hydrogen-bond acceptors (Lipinski definition) is 6. The van der Waals surface area contributed by atoms with Gasteiger partial charge >= 0.3 is 11.0 Å². The highest BCUT2D eigenvalue weighted by Gasteiger charge is 2.37. The third-order valence-corrected chi connectivity index (χ3v) is 10.1. The van der Waals surface area contributed by atoms with Crippen molar-refractivity contribution in [1.82, 2.24) is 9.13 Å². The minimum Gasteiger partial charge on any atom is -0.741 e. The van der Waals surface area contributed by atoms with Gasteiger partial charge in [0.15, 0.2) is 20.2 Å². The van der Waals surface area contributed by atoms with E-state index in [0.29, 0.717) is 0 Å². The first-order valence-corrected chi connectivity index (χ1v) is 22.4. The fraction of sp³-hybridized carbons (Fsp3) is 0.684. The van der Waals surface area contributed by atoms with Crippen molar-refractivity contribution in [3.8, 4) is 11.4 Å². The fourth-order valence-electron chi connectivity index (χ4n) is 5.72. The van der Waals surface area contributed by atoms with Crippen LogP contribution in [0.4, 0.5) is 26.3 Å². The number of aryl methyl sites for hydroxylation is 2. The average molecular weight is 847 g/mol. The molecule has 0 atom stereocenters. The number of benzene rings is 1. The molecule has 0 amide bonds. The lowest BCUT2D eigenvalue weighted by Crippen LogP contribution is -2.30. The van der Waals surface area contributed by atoms with Crippen LogP contribution in [0.2, 0.25) is 0 Å². The molecule has 56 heavy (non-hydrogen) atoms. The molecule has 2 heterocycles. The number of nitrogens with zero attached hydrogens (tertiary/aromatic N) is 4. The van der Waals surface area contributed by atoms with Gasteiger partial charge in [0.25, 0.3) is 0 Å². The molecule has 1 aromatic carbocycles. The number of unbranched alkanes of at least 4 members (excludes halogenated alkanes) is 18. The lowest BCUT2D eigenvalue weighted by Gasteiger charge is -2.08. The highest BCUT2D eigenvalue weighted by atomic mass is 32.2. The van der Waals surface area contributed by atoms with Crippen molar-refractivity contribution in [2.45, 2.75) is 166 Å². The monoisotopic (exact) mass is 846 g/mol. The first kappa shape index (κ1) is 51.1. The third kappa shape index (κ3) is 22.7. The molecule has 3 rings (SSSR count). The van der Waals surface area contributed by atoms with Gasteiger partial charge in [0.2, 0.25) is 12.7 Å². The topological polar surface area (TPSA) is 132 Å². The second-order valence-electron chi connectivity index (χ2n) is 13.8. The van der Waals surface area contributed by atoms with Crippen molar-refractivity contribution in [2.75, 3.05) is 0 Å². The first-order chi connectivity index (χ1) is 26.3. The molecule has 0 saturated carbocycles. The summed E-state index contributed by atoms with van der Waals surface area (Å²) in [5.41, 5.74) is -8.85. The molecule has 0 aliphatic heterocycles. The second-order valence-corrected chi connectivity index (χ2v) is 16.5. The van der Waals surface area contributed by atoms with Crippen LogP contribution in [-0.2, 0) is 33.3 Å². The predicted molar refractivity (Wildman–Crippen MR) is 201 cm³/mol. The number of imidazole rings is 2. The van der Waals surface area contributed by atoms with Gasteiger partial charge in [-0.15, -0.1) is 0 Å². The van der Waals surface area contributed by atoms with E-state index in [9.17, 15) is 26.3 Å². The molecule has 3 aromatic rings. The Labute approximate surface area is 329 Å². The minimum atomic E-state index is -6.09. The summed E-state index contributed by atoms with van der Waals surface area (Å²) < 4.78 is 127. The SMILES string of the molecule is CCCCCCCCCCCC[n+]1ccn(-c2ccc(-n3cc[n+](CCCCCCCCCCCC)c3)cc2)c1.O=S(=O)([O-])C(F)(F)F.O=S(=O)([O-])C(F)(F)F. The zero-order chi connectivity index (χ0) is 42.1. The lowest BCUT2D eigenvalue weighted by atomic mass is 10.1. The minimum absolute atomic E-state index is 1.12. The van der Waals surface area contributed by atoms with Crippen molar-refractivity contribution in [3.63, 3.8) is 0 Å². The van der Waals surface area contributed by atoms with E-state index in [-0.39, 0.29) is 0 Å². The van der Waals surface area contributed by atoms with E-state index < -0.39 is 31.3 Å². The van der Waals surface area contributed by atoms with Crippen LogP contribution in [0.5, 0.6) is 0 Å². The Morgan fingerprint density at radius 3 is 0.946 bits per heavy atom. The van der Waals surface area contributed by atoms with Gasteiger partial charge in [-0.05, 0) is 49.9 Å². The van der Waals surface area contributed by atoms with E-state index >= 15 is 0 Å². The van der Waals surface area contributed by atoms with Crippen molar-refractivity contribution in [2.24, 2.45) is 0 Å². The number of alkyl halides is 6. The molecule has 0 bridgehead atoms. The number of hydrogen-bond donors (Lipinski definition) is 0. The molecule has 322 valence electrons. The second kappa shape index (κ2) is 26.9. The zero-order valence-electron chi connectivity index (χ0n) is 32.7. The van der Waals surface area contributed by atoms with Crippen molar-refractivity contribution >= 4 is 20.2 Å². The van der Waals surface area contributed by atoms with Crippen LogP contribution in [0, 0.1) is 0 Å². The summed E-state index contributed by atoms with van der Waals surface area (Å²) in [6, 6.07) is 8.92. The first-order valence-electron chi connectivity index (χ1n) is 19.6. The van der Waals surface area contributed by atoms with E-state index in [1.54, 1.807) is 0 Å². The normalized spacial score (nSPS) is 12.2. The summed E-state index contributed by atoms with van der Waals surface area (Å²) in [6.07, 6.45) is 41.0. The number of aromatic nitrogens is 4. The van der Waals surface area contributed by atoms with Crippen molar-refractivity contribution in [3.05, 3.63) is 61.7 Å². The Morgan fingerprint density at radius 1 is 0.482 bits per heavy atom. The standard InChI is InChI=1S/C36H60N4.2CHF3O3S/c1-3-5-7-9-11-13-15-17-19-21-27-37-29-31-39(33-37)35-23-25-36(26-24-35)40-32-30-38(34-40)28-22-20-18-16-14-12-10-8-6-4-2;2*2-1(3,4)8(5,6)7/h23-26,29-34H,3-22,27-28H2,1-2H3;2*(H,5,6,7)/q+2;;/p-2. The largest absolute Gasteiger partial charge is 0.741 e. The molecular formula is C38H60F6N4O6S2. The smallest absolute Gasteiger partial charge is 0.485 e. The van der Waals surface area contributed by atoms with Gasteiger partial charge < -0.3 is 9.11 Å². The number of rotatable bonds is 24. The highest BCUT2D eigenvalue weighted by Crippen LogP contribution is 2.21. The Morgan fingerprint density at radius 2 is 0.714 bits per heavy atom. The molecule has 18 heteroatoms. The molecule has 0 aliphatic carbocycles. The van der Waals surface area contributed by atoms with E-state index in [1.807, 2.05) is 0 Å². The quantitative estimate of drug-likeness (QED) is 0.0290. The summed E-state index contributed by atoms with van der Waals surface area (Å²) >= 11 is 0. The van der Waals surface area contributed by atoms with Gasteiger partial charge in [-0.1, -0.05) is 117 Å². The summed E-state index contributed by atoms with van der Waals surface area (Å²) in [4.78, 5) is 0. The number of halogens is 6. The van der Waals surface area contributed by atoms with Crippen LogP contribution in [0.1, 0.15) is 142 Å². The predicted octanol–water partition coefficient (Wildman–Crippen LogP) is 9.79. The van der Waals surface area contributed by atoms with Crippen molar-refractivity contribution in [1.29, 1.82) is 0 Å². The summed E-state index contributed by atoms with van der Waals surface area (Å²) in [5, 5.41) is 0. The van der Waals surface area contributed by atoms with E-state index in [4.69, 9.17) is 25.9 Å². The molecule has 0 unspecified atom stereocenters. The molecule has 0 spiro atoms. The Bertz CT molecular complexity index is 1550. The van der Waals surface area contributed by atoms with Crippen LogP contribution in [0.3, 0.4) is 0 Å². The maximum atomic E-state index is 10.7. The van der Waals surface area contributed by atoms with Gasteiger partial charge in [-0.25, -0.2) is 35.1 Å². The summed E-state index contributed by atoms with van der Waals surface area (Å²) in [7, 11) is -12.2. The van der Waals surface area contributed by atoms with E-state index in [2.05, 4.69) is 93.8 Å². The Kier molecular flexibility index (Phi) is 24.5. The van der Waals surface area contributed by atoms with Crippen LogP contribution in [0.25, 0.3) is 11.4 Å². The maximum Gasteiger partial charge on any atom is 0.485 e. The molecule has 0 radical (unpaired) electrons. The fourth-order valence-corrected chi connectivity index (χ4v) is 5.72. The third-order valence-electron chi connectivity index (χ3n) is 8.94. The van der Waals surface area contributed by atoms with Gasteiger partial charge in [-0.3, -0.25) is 0 Å². The molecule has 2 aromatic heterocycles. The lowest BCUT2D eigenvalue weighted by molar-refractivity contribution is -0.696. The van der Waals surface area contributed by atoms with Crippen LogP contribution < -0.4 is 9.13 Å². The zero-order valence-corrected chi connectivity index (χ0v) is 34.3. The van der Waals surface area contributed by atoms with Gasteiger partial charge in [-0.2, -0.15) is 26.3 Å². The Hall–Kier alpha value is -2.96. The Balaban J connectivity index is 0.000000817. The molecule has 10 nitrogen and oxygen atoms in total. The molecule has 0 N–H and O–H groups in total. The van der Waals surface area contributed by atoms with Crippen LogP contribution >= 0.6 is 0 Å². The van der Waals surface area contributed by atoms with Crippen LogP contribution in [-0.4, -0.2) is 46.1 Å². The van der Waals surface area contributed by atoms with Crippen molar-refractivity contribution < 1.29 is 61.4 Å². The maximum absolute atomic E-state index is 10.7. The summed E-state index contributed by atoms with van der Waals surface area (Å²) in [5.74, 6) is 0. The molecule has 0 fully saturated rings. The van der Waals surface area contributed by atoms with E-state index in [1.165, 1.54) is 140 Å². The highest BCUT2D eigenvalue weighted by molar-refractivity contribution is 7.86. The molecule has 0 aliphatic rings. The molecule has 0 saturated heterocycles. The average Bonchev–Trinajstić information content (AvgIpc) is 3.79. The van der Waals surface area contributed by atoms with Gasteiger partial charge in [0.1, 0.15) is 36.2 Å². The van der Waals surface area contributed by atoms with Crippen LogP contribution in [0.15, 0.2) is 61.7 Å². The van der Waals surface area contributed by atoms with Gasteiger partial charge in [0.05, 0.1) is 13.1 Å².